The van der Waals surface area contributed by atoms with Gasteiger partial charge in [0.05, 0.1) is 29.8 Å². The summed E-state index contributed by atoms with van der Waals surface area (Å²) in [5.41, 5.74) is 0.732. The Bertz CT molecular complexity index is 1510. The molecule has 0 bridgehead atoms. The molecule has 1 aromatic carbocycles. The maximum absolute atomic E-state index is 14.2. The van der Waals surface area contributed by atoms with Crippen LogP contribution in [0.4, 0.5) is 5.95 Å². The molecule has 42 heavy (non-hydrogen) atoms. The van der Waals surface area contributed by atoms with Gasteiger partial charge in [0.25, 0.3) is 5.56 Å². The number of anilines is 1. The van der Waals surface area contributed by atoms with E-state index in [1.165, 1.54) is 20.3 Å². The minimum Gasteiger partial charge on any atom is -0.495 e. The summed E-state index contributed by atoms with van der Waals surface area (Å²) >= 11 is 13.4. The molecule has 11 nitrogen and oxygen atoms in total. The van der Waals surface area contributed by atoms with Gasteiger partial charge < -0.3 is 29.7 Å². The lowest BCUT2D eigenvalue weighted by molar-refractivity contribution is -0.125. The zero-order chi connectivity index (χ0) is 29.8. The highest BCUT2D eigenvalue weighted by Gasteiger charge is 2.26. The maximum Gasteiger partial charge on any atom is 0.260 e. The van der Waals surface area contributed by atoms with Gasteiger partial charge in [-0.25, -0.2) is 4.98 Å². The number of ether oxygens (including phenoxy) is 3. The quantitative estimate of drug-likeness (QED) is 0.328. The lowest BCUT2D eigenvalue weighted by Gasteiger charge is -2.23. The number of hydrogen-bond acceptors (Lipinski definition) is 9. The second-order valence-corrected chi connectivity index (χ2v) is 11.0. The predicted molar refractivity (Wildman–Crippen MR) is 163 cm³/mol. The van der Waals surface area contributed by atoms with Gasteiger partial charge in [-0.3, -0.25) is 14.2 Å². The summed E-state index contributed by atoms with van der Waals surface area (Å²) < 4.78 is 17.9. The Morgan fingerprint density at radius 2 is 1.86 bits per heavy atom. The van der Waals surface area contributed by atoms with E-state index < -0.39 is 0 Å². The Hall–Kier alpha value is -3.38. The summed E-state index contributed by atoms with van der Waals surface area (Å²) in [6, 6.07) is 3.56. The van der Waals surface area contributed by atoms with Crippen LogP contribution in [0.1, 0.15) is 19.3 Å². The highest BCUT2D eigenvalue weighted by molar-refractivity contribution is 6.41. The number of rotatable bonds is 10. The van der Waals surface area contributed by atoms with E-state index in [4.69, 9.17) is 42.4 Å². The molecule has 0 saturated carbocycles. The molecule has 13 heteroatoms. The molecule has 2 aliphatic rings. The molecule has 3 aromatic rings. The van der Waals surface area contributed by atoms with E-state index in [0.29, 0.717) is 73.4 Å². The molecule has 0 spiro atoms. The molecule has 2 saturated heterocycles. The highest BCUT2D eigenvalue weighted by Crippen LogP contribution is 2.45. The van der Waals surface area contributed by atoms with Crippen molar-refractivity contribution in [3.63, 3.8) is 0 Å². The van der Waals surface area contributed by atoms with Crippen LogP contribution in [-0.2, 0) is 16.1 Å². The first kappa shape index (κ1) is 30.1. The van der Waals surface area contributed by atoms with E-state index in [2.05, 4.69) is 22.2 Å². The molecule has 0 aliphatic carbocycles. The van der Waals surface area contributed by atoms with Gasteiger partial charge in [-0.15, -0.1) is 0 Å². The van der Waals surface area contributed by atoms with Crippen LogP contribution in [0.25, 0.3) is 22.2 Å². The first-order valence-electron chi connectivity index (χ1n) is 13.8. The summed E-state index contributed by atoms with van der Waals surface area (Å²) in [5.74, 6) is 1.01. The third kappa shape index (κ3) is 6.19. The molecule has 0 radical (unpaired) electrons. The van der Waals surface area contributed by atoms with Gasteiger partial charge in [0.1, 0.15) is 17.1 Å². The van der Waals surface area contributed by atoms with E-state index in [1.807, 2.05) is 0 Å². The van der Waals surface area contributed by atoms with Crippen molar-refractivity contribution in [3.8, 4) is 22.6 Å². The highest BCUT2D eigenvalue weighted by atomic mass is 35.5. The van der Waals surface area contributed by atoms with Crippen LogP contribution in [0, 0.1) is 0 Å². The average molecular weight is 618 g/mol. The van der Waals surface area contributed by atoms with Crippen LogP contribution in [0.15, 0.2) is 35.8 Å². The van der Waals surface area contributed by atoms with Gasteiger partial charge in [0.15, 0.2) is 0 Å². The van der Waals surface area contributed by atoms with Crippen molar-refractivity contribution in [1.29, 1.82) is 0 Å². The molecule has 5 rings (SSSR count). The third-order valence-electron chi connectivity index (χ3n) is 7.67. The summed E-state index contributed by atoms with van der Waals surface area (Å²) in [5, 5.41) is 7.89. The van der Waals surface area contributed by atoms with Crippen molar-refractivity contribution in [2.45, 2.75) is 37.9 Å². The van der Waals surface area contributed by atoms with Gasteiger partial charge in [0.2, 0.25) is 11.9 Å². The Labute approximate surface area is 253 Å². The van der Waals surface area contributed by atoms with Gasteiger partial charge >= 0.3 is 0 Å². The topological polar surface area (TPSA) is 120 Å². The fourth-order valence-corrected chi connectivity index (χ4v) is 6.10. The minimum atomic E-state index is -0.325. The van der Waals surface area contributed by atoms with Crippen LogP contribution in [0.2, 0.25) is 10.0 Å². The van der Waals surface area contributed by atoms with Gasteiger partial charge in [-0.2, -0.15) is 4.98 Å². The van der Waals surface area contributed by atoms with Crippen LogP contribution < -0.4 is 25.7 Å². The number of nitrogens with one attached hydrogen (secondary N) is 2. The molecule has 1 unspecified atom stereocenters. The van der Waals surface area contributed by atoms with Gasteiger partial charge in [-0.1, -0.05) is 29.8 Å². The standard InChI is InChI=1S/C29H34Cl2N6O5/c1-4-23(38)36-9-5-19(16-36)32-8-10-37-27-17(15-33-29(35-27)34-18-6-11-42-12-7-18)13-20(28(37)39)24-25(30)21(40-2)14-22(41-3)26(24)31/h4,13-15,18-19,32H,1,5-12,16H2,2-3H3,(H,33,34,35). The zero-order valence-electron chi connectivity index (χ0n) is 23.6. The molecule has 2 aromatic heterocycles. The number of likely N-dealkylation sites (tertiary alicyclic amines) is 1. The van der Waals surface area contributed by atoms with Crippen molar-refractivity contribution in [2.24, 2.45) is 0 Å². The molecule has 2 N–H and O–H groups in total. The van der Waals surface area contributed by atoms with Crippen LogP contribution >= 0.6 is 23.2 Å². The number of nitrogens with zero attached hydrogens (tertiary/aromatic N) is 4. The van der Waals surface area contributed by atoms with Crippen molar-refractivity contribution < 1.29 is 19.0 Å². The molecule has 224 valence electrons. The fourth-order valence-electron chi connectivity index (χ4n) is 5.40. The number of methoxy groups -OCH3 is 2. The second-order valence-electron chi connectivity index (χ2n) is 10.2. The summed E-state index contributed by atoms with van der Waals surface area (Å²) in [4.78, 5) is 37.2. The van der Waals surface area contributed by atoms with E-state index in [1.54, 1.807) is 27.8 Å². The lowest BCUT2D eigenvalue weighted by Crippen LogP contribution is -2.37. The number of halogens is 2. The Balaban J connectivity index is 1.53. The molecule has 1 amide bonds. The summed E-state index contributed by atoms with van der Waals surface area (Å²) in [7, 11) is 2.96. The molecule has 2 aliphatic heterocycles. The average Bonchev–Trinajstić information content (AvgIpc) is 3.48. The predicted octanol–water partition coefficient (Wildman–Crippen LogP) is 3.75. The normalized spacial score (nSPS) is 17.4. The first-order valence-corrected chi connectivity index (χ1v) is 14.6. The largest absolute Gasteiger partial charge is 0.495 e. The molecular formula is C29H34Cl2N6O5. The molecular weight excluding hydrogens is 583 g/mol. The van der Waals surface area contributed by atoms with Gasteiger partial charge in [-0.05, 0) is 31.4 Å². The minimum absolute atomic E-state index is 0.0852. The number of benzene rings is 1. The number of carbonyl (C=O) groups excluding carboxylic acids is 1. The van der Waals surface area contributed by atoms with Crippen molar-refractivity contribution in [2.75, 3.05) is 52.4 Å². The van der Waals surface area contributed by atoms with E-state index in [-0.39, 0.29) is 39.2 Å². The van der Waals surface area contributed by atoms with E-state index in [0.717, 1.165) is 19.3 Å². The Morgan fingerprint density at radius 3 is 2.52 bits per heavy atom. The molecule has 4 heterocycles. The Kier molecular flexibility index (Phi) is 9.52. The van der Waals surface area contributed by atoms with E-state index >= 15 is 0 Å². The van der Waals surface area contributed by atoms with Crippen molar-refractivity contribution in [3.05, 3.63) is 51.4 Å². The zero-order valence-corrected chi connectivity index (χ0v) is 25.1. The SMILES string of the molecule is C=CC(=O)N1CCC(NCCn2c(=O)c(-c3c(Cl)c(OC)cc(OC)c3Cl)cc3cnc(NC4CCOCC4)nc32)C1. The molecule has 2 fully saturated rings. The van der Waals surface area contributed by atoms with Crippen molar-refractivity contribution in [1.82, 2.24) is 24.8 Å². The smallest absolute Gasteiger partial charge is 0.260 e. The number of hydrogen-bond donors (Lipinski definition) is 2. The summed E-state index contributed by atoms with van der Waals surface area (Å²) in [6.07, 6.45) is 5.52. The van der Waals surface area contributed by atoms with Crippen LogP contribution in [-0.4, -0.2) is 84.5 Å². The fraction of sp³-hybridized carbons (Fsp3) is 0.448. The maximum atomic E-state index is 14.2. The first-order chi connectivity index (χ1) is 20.3. The monoisotopic (exact) mass is 616 g/mol. The van der Waals surface area contributed by atoms with Crippen LogP contribution in [0.3, 0.4) is 0 Å². The lowest BCUT2D eigenvalue weighted by atomic mass is 10.0. The third-order valence-corrected chi connectivity index (χ3v) is 8.42. The number of pyridine rings is 1. The van der Waals surface area contributed by atoms with E-state index in [9.17, 15) is 9.59 Å². The number of amides is 1. The van der Waals surface area contributed by atoms with Gasteiger partial charge in [0, 0.05) is 74.7 Å². The number of carbonyl (C=O) groups is 1. The van der Waals surface area contributed by atoms with Crippen molar-refractivity contribution >= 4 is 46.1 Å². The van der Waals surface area contributed by atoms with Crippen LogP contribution in [0.5, 0.6) is 11.5 Å². The number of fused-ring (bicyclic) bond motifs is 1. The number of aromatic nitrogens is 3. The molecule has 1 atom stereocenters. The summed E-state index contributed by atoms with van der Waals surface area (Å²) in [6.45, 7) is 6.93. The second kappa shape index (κ2) is 13.3. The Morgan fingerprint density at radius 1 is 1.14 bits per heavy atom.